The third-order valence-electron chi connectivity index (χ3n) is 2.04. The lowest BCUT2D eigenvalue weighted by molar-refractivity contribution is 0.191. The zero-order valence-electron chi connectivity index (χ0n) is 4.35. The highest BCUT2D eigenvalue weighted by Crippen LogP contribution is 2.66. The molecule has 3 nitrogen and oxygen atoms in total. The molecular formula is C5H7NO2. The lowest BCUT2D eigenvalue weighted by Crippen LogP contribution is -2.28. The first-order valence-electron chi connectivity index (χ1n) is 2.74. The summed E-state index contributed by atoms with van der Waals surface area (Å²) in [7, 11) is 0. The molecule has 0 aliphatic heterocycles. The highest BCUT2D eigenvalue weighted by atomic mass is 16.4. The van der Waals surface area contributed by atoms with Crippen LogP contribution in [0, 0.1) is 5.92 Å². The molecule has 0 aromatic heterocycles. The summed E-state index contributed by atoms with van der Waals surface area (Å²) in [6.07, 6.45) is 1.29. The predicted octanol–water partition coefficient (Wildman–Crippen LogP) is 0.416. The normalized spacial score (nSPS) is 47.2. The van der Waals surface area contributed by atoms with Gasteiger partial charge in [0.25, 0.3) is 0 Å². The van der Waals surface area contributed by atoms with E-state index in [1.807, 2.05) is 0 Å². The van der Waals surface area contributed by atoms with Gasteiger partial charge in [0.1, 0.15) is 0 Å². The second-order valence-corrected chi connectivity index (χ2v) is 2.69. The topological polar surface area (TPSA) is 49.3 Å². The first-order chi connectivity index (χ1) is 3.73. The first kappa shape index (κ1) is 4.18. The summed E-state index contributed by atoms with van der Waals surface area (Å²) in [5.74, 6) is 0.707. The van der Waals surface area contributed by atoms with Gasteiger partial charge in [-0.15, -0.1) is 0 Å². The number of rotatable bonds is 1. The average molecular weight is 113 g/mol. The van der Waals surface area contributed by atoms with Crippen molar-refractivity contribution in [3.8, 4) is 0 Å². The Kier molecular flexibility index (Phi) is 0.447. The molecular weight excluding hydrogens is 106 g/mol. The molecule has 0 unspecified atom stereocenters. The smallest absolute Gasteiger partial charge is 0.405 e. The van der Waals surface area contributed by atoms with Gasteiger partial charge in [0.15, 0.2) is 0 Å². The molecule has 0 saturated heterocycles. The minimum atomic E-state index is -0.870. The maximum atomic E-state index is 9.97. The van der Waals surface area contributed by atoms with E-state index in [0.29, 0.717) is 5.92 Å². The summed E-state index contributed by atoms with van der Waals surface area (Å²) in [5.41, 5.74) is 0.0891. The second-order valence-electron chi connectivity index (χ2n) is 2.69. The maximum absolute atomic E-state index is 9.97. The van der Waals surface area contributed by atoms with Gasteiger partial charge < -0.3 is 10.4 Å². The monoisotopic (exact) mass is 113 g/mol. The number of hydrogen-bond donors (Lipinski definition) is 2. The molecule has 2 aliphatic carbocycles. The van der Waals surface area contributed by atoms with Crippen LogP contribution >= 0.6 is 0 Å². The van der Waals surface area contributed by atoms with Crippen LogP contribution in [0.15, 0.2) is 0 Å². The number of hydrogen-bond acceptors (Lipinski definition) is 1. The van der Waals surface area contributed by atoms with Gasteiger partial charge in [0, 0.05) is 5.54 Å². The minimum Gasteiger partial charge on any atom is -0.465 e. The second kappa shape index (κ2) is 0.855. The van der Waals surface area contributed by atoms with E-state index >= 15 is 0 Å². The third-order valence-corrected chi connectivity index (χ3v) is 2.04. The molecule has 0 aromatic carbocycles. The van der Waals surface area contributed by atoms with Crippen LogP contribution in [0.4, 0.5) is 4.79 Å². The fourth-order valence-corrected chi connectivity index (χ4v) is 1.12. The van der Waals surface area contributed by atoms with E-state index in [0.717, 1.165) is 12.8 Å². The molecule has 2 N–H and O–H groups in total. The fraction of sp³-hybridized carbons (Fsp3) is 0.800. The van der Waals surface area contributed by atoms with Gasteiger partial charge >= 0.3 is 6.09 Å². The molecule has 2 fully saturated rings. The number of carbonyl (C=O) groups is 1. The largest absolute Gasteiger partial charge is 0.465 e. The zero-order valence-corrected chi connectivity index (χ0v) is 4.35. The number of nitrogens with one attached hydrogen (secondary N) is 1. The van der Waals surface area contributed by atoms with Crippen LogP contribution < -0.4 is 5.32 Å². The lowest BCUT2D eigenvalue weighted by Gasteiger charge is -1.99. The average Bonchev–Trinajstić information content (AvgIpc) is 2.18. The van der Waals surface area contributed by atoms with E-state index in [1.54, 1.807) is 0 Å². The van der Waals surface area contributed by atoms with Crippen molar-refractivity contribution < 1.29 is 9.90 Å². The SMILES string of the molecule is O=C(O)NC12CC1C2. The fourth-order valence-electron chi connectivity index (χ4n) is 1.12. The van der Waals surface area contributed by atoms with Crippen molar-refractivity contribution in [3.63, 3.8) is 0 Å². The summed E-state index contributed by atoms with van der Waals surface area (Å²) >= 11 is 0. The summed E-state index contributed by atoms with van der Waals surface area (Å²) in [6.45, 7) is 0. The van der Waals surface area contributed by atoms with Crippen LogP contribution in [-0.2, 0) is 0 Å². The van der Waals surface area contributed by atoms with Crippen LogP contribution in [0.2, 0.25) is 0 Å². The van der Waals surface area contributed by atoms with Crippen LogP contribution in [0.5, 0.6) is 0 Å². The molecule has 0 heterocycles. The molecule has 0 aromatic rings. The van der Waals surface area contributed by atoms with Crippen molar-refractivity contribution in [1.82, 2.24) is 5.32 Å². The zero-order chi connectivity index (χ0) is 5.78. The quantitative estimate of drug-likeness (QED) is 0.517. The van der Waals surface area contributed by atoms with E-state index in [9.17, 15) is 4.79 Å². The molecule has 44 valence electrons. The Morgan fingerprint density at radius 2 is 2.25 bits per heavy atom. The Morgan fingerprint density at radius 1 is 1.75 bits per heavy atom. The molecule has 2 saturated carbocycles. The van der Waals surface area contributed by atoms with Crippen LogP contribution in [0.1, 0.15) is 12.8 Å². The van der Waals surface area contributed by atoms with Crippen LogP contribution in [0.25, 0.3) is 0 Å². The molecule has 0 bridgehead atoms. The van der Waals surface area contributed by atoms with Gasteiger partial charge in [-0.25, -0.2) is 4.79 Å². The van der Waals surface area contributed by atoms with Gasteiger partial charge in [-0.3, -0.25) is 0 Å². The predicted molar refractivity (Wildman–Crippen MR) is 26.6 cm³/mol. The Labute approximate surface area is 46.7 Å². The minimum absolute atomic E-state index is 0.0891. The van der Waals surface area contributed by atoms with Gasteiger partial charge in [0.05, 0.1) is 0 Å². The highest BCUT2D eigenvalue weighted by Gasteiger charge is 2.70. The molecule has 0 spiro atoms. The molecule has 0 radical (unpaired) electrons. The summed E-state index contributed by atoms with van der Waals surface area (Å²) in [6, 6.07) is 0. The van der Waals surface area contributed by atoms with E-state index in [4.69, 9.17) is 5.11 Å². The Morgan fingerprint density at radius 3 is 2.38 bits per heavy atom. The van der Waals surface area contributed by atoms with Crippen LogP contribution in [0.3, 0.4) is 0 Å². The first-order valence-corrected chi connectivity index (χ1v) is 2.74. The highest BCUT2D eigenvalue weighted by molar-refractivity contribution is 5.68. The van der Waals surface area contributed by atoms with E-state index < -0.39 is 6.09 Å². The van der Waals surface area contributed by atoms with Crippen molar-refractivity contribution in [3.05, 3.63) is 0 Å². The molecule has 1 amide bonds. The van der Waals surface area contributed by atoms with E-state index in [2.05, 4.69) is 5.32 Å². The Bertz CT molecular complexity index is 149. The molecule has 2 aliphatic rings. The number of amides is 1. The van der Waals surface area contributed by atoms with Gasteiger partial charge in [-0.1, -0.05) is 0 Å². The van der Waals surface area contributed by atoms with Crippen molar-refractivity contribution in [1.29, 1.82) is 0 Å². The molecule has 2 rings (SSSR count). The number of carboxylic acid groups (broad SMARTS) is 1. The van der Waals surface area contributed by atoms with Crippen molar-refractivity contribution in [2.75, 3.05) is 0 Å². The Hall–Kier alpha value is -0.730. The van der Waals surface area contributed by atoms with E-state index in [1.165, 1.54) is 0 Å². The third kappa shape index (κ3) is 0.363. The van der Waals surface area contributed by atoms with Crippen molar-refractivity contribution in [2.24, 2.45) is 5.92 Å². The van der Waals surface area contributed by atoms with Gasteiger partial charge in [-0.05, 0) is 18.8 Å². The van der Waals surface area contributed by atoms with Crippen molar-refractivity contribution >= 4 is 6.09 Å². The van der Waals surface area contributed by atoms with Crippen LogP contribution in [-0.4, -0.2) is 16.7 Å². The summed E-state index contributed by atoms with van der Waals surface area (Å²) in [5, 5.41) is 10.7. The summed E-state index contributed by atoms with van der Waals surface area (Å²) in [4.78, 5) is 9.97. The molecule has 3 heteroatoms. The van der Waals surface area contributed by atoms with Crippen molar-refractivity contribution in [2.45, 2.75) is 18.4 Å². The lowest BCUT2D eigenvalue weighted by atomic mass is 10.4. The van der Waals surface area contributed by atoms with Gasteiger partial charge in [0.2, 0.25) is 0 Å². The van der Waals surface area contributed by atoms with Gasteiger partial charge in [-0.2, -0.15) is 0 Å². The molecule has 0 atom stereocenters. The summed E-state index contributed by atoms with van der Waals surface area (Å²) < 4.78 is 0. The van der Waals surface area contributed by atoms with E-state index in [-0.39, 0.29) is 5.54 Å². The molecule has 8 heavy (non-hydrogen) atoms. The standard InChI is InChI=1S/C5H7NO2/c7-4(8)6-5-1-3(5)2-5/h3,6H,1-2H2,(H,7,8). The number of fused-ring (bicyclic) bond motifs is 1. The maximum Gasteiger partial charge on any atom is 0.405 e. The Balaban J connectivity index is 1.92.